The summed E-state index contributed by atoms with van der Waals surface area (Å²) in [6.07, 6.45) is 1.35. The zero-order chi connectivity index (χ0) is 13.1. The minimum absolute atomic E-state index is 0.202. The fraction of sp³-hybridized carbons (Fsp3) is 0.818. The van der Waals surface area contributed by atoms with Gasteiger partial charge in [-0.3, -0.25) is 0 Å². The van der Waals surface area contributed by atoms with Gasteiger partial charge in [0.15, 0.2) is 0 Å². The molecular formula is C11H23N3O3. The van der Waals surface area contributed by atoms with E-state index in [2.05, 4.69) is 20.7 Å². The van der Waals surface area contributed by atoms with Crippen molar-refractivity contribution >= 4 is 12.1 Å². The van der Waals surface area contributed by atoms with Crippen LogP contribution < -0.4 is 16.0 Å². The van der Waals surface area contributed by atoms with E-state index in [1.54, 1.807) is 6.92 Å². The molecule has 0 heterocycles. The third-order valence-electron chi connectivity index (χ3n) is 2.28. The smallest absolute Gasteiger partial charge is 0.407 e. The van der Waals surface area contributed by atoms with Crippen LogP contribution in [0.15, 0.2) is 0 Å². The van der Waals surface area contributed by atoms with Crippen molar-refractivity contribution in [2.75, 3.05) is 19.7 Å². The second kappa shape index (κ2) is 9.74. The van der Waals surface area contributed by atoms with Crippen molar-refractivity contribution in [3.05, 3.63) is 0 Å². The highest BCUT2D eigenvalue weighted by Gasteiger charge is 2.07. The van der Waals surface area contributed by atoms with Gasteiger partial charge in [0, 0.05) is 19.1 Å². The topological polar surface area (TPSA) is 79.5 Å². The number of hydrogen-bond acceptors (Lipinski definition) is 3. The van der Waals surface area contributed by atoms with Crippen LogP contribution in [0.1, 0.15) is 33.6 Å². The molecule has 0 aliphatic rings. The van der Waals surface area contributed by atoms with Crippen molar-refractivity contribution in [1.82, 2.24) is 16.0 Å². The maximum Gasteiger partial charge on any atom is 0.407 e. The Morgan fingerprint density at radius 2 is 1.65 bits per heavy atom. The molecule has 0 aromatic carbocycles. The van der Waals surface area contributed by atoms with Gasteiger partial charge in [-0.15, -0.1) is 0 Å². The van der Waals surface area contributed by atoms with Crippen LogP contribution in [-0.2, 0) is 4.74 Å². The molecule has 3 N–H and O–H groups in total. The van der Waals surface area contributed by atoms with E-state index in [9.17, 15) is 9.59 Å². The first-order valence-corrected chi connectivity index (χ1v) is 6.08. The average Bonchev–Trinajstić information content (AvgIpc) is 2.32. The Hall–Kier alpha value is -1.46. The van der Waals surface area contributed by atoms with E-state index in [1.165, 1.54) is 0 Å². The van der Waals surface area contributed by atoms with Crippen LogP contribution in [0.3, 0.4) is 0 Å². The van der Waals surface area contributed by atoms with Gasteiger partial charge in [-0.05, 0) is 19.8 Å². The lowest BCUT2D eigenvalue weighted by molar-refractivity contribution is 0.152. The van der Waals surface area contributed by atoms with Crippen LogP contribution in [-0.4, -0.2) is 37.9 Å². The van der Waals surface area contributed by atoms with Crippen LogP contribution in [0, 0.1) is 0 Å². The van der Waals surface area contributed by atoms with Gasteiger partial charge >= 0.3 is 12.1 Å². The Labute approximate surface area is 102 Å². The van der Waals surface area contributed by atoms with Crippen molar-refractivity contribution in [3.8, 4) is 0 Å². The second-order valence-corrected chi connectivity index (χ2v) is 3.56. The number of ether oxygens (including phenoxy) is 1. The molecule has 0 spiro atoms. The summed E-state index contributed by atoms with van der Waals surface area (Å²) in [6, 6.07) is -0.00243. The Morgan fingerprint density at radius 1 is 1.06 bits per heavy atom. The number of nitrogens with one attached hydrogen (secondary N) is 3. The van der Waals surface area contributed by atoms with Crippen molar-refractivity contribution in [3.63, 3.8) is 0 Å². The van der Waals surface area contributed by atoms with Crippen molar-refractivity contribution in [2.45, 2.75) is 39.7 Å². The van der Waals surface area contributed by atoms with E-state index in [-0.39, 0.29) is 12.1 Å². The minimum Gasteiger partial charge on any atom is -0.450 e. The largest absolute Gasteiger partial charge is 0.450 e. The lowest BCUT2D eigenvalue weighted by Gasteiger charge is -2.15. The number of alkyl carbamates (subject to hydrolysis) is 1. The monoisotopic (exact) mass is 245 g/mol. The SMILES string of the molecule is CCOC(=O)NCCNC(=O)NC(CC)CC. The number of amides is 3. The molecule has 0 unspecified atom stereocenters. The molecule has 0 aliphatic heterocycles. The molecule has 0 bridgehead atoms. The summed E-state index contributed by atoms with van der Waals surface area (Å²) in [5.74, 6) is 0. The summed E-state index contributed by atoms with van der Waals surface area (Å²) >= 11 is 0. The van der Waals surface area contributed by atoms with E-state index >= 15 is 0 Å². The van der Waals surface area contributed by atoms with E-state index in [4.69, 9.17) is 0 Å². The molecule has 0 radical (unpaired) electrons. The number of hydrogen-bond donors (Lipinski definition) is 3. The molecule has 0 aliphatic carbocycles. The molecule has 0 aromatic rings. The summed E-state index contributed by atoms with van der Waals surface area (Å²) in [4.78, 5) is 22.3. The molecule has 3 amide bonds. The third-order valence-corrected chi connectivity index (χ3v) is 2.28. The van der Waals surface area contributed by atoms with Gasteiger partial charge < -0.3 is 20.7 Å². The number of carbonyl (C=O) groups excluding carboxylic acids is 2. The molecule has 100 valence electrons. The summed E-state index contributed by atoms with van der Waals surface area (Å²) in [5.41, 5.74) is 0. The first kappa shape index (κ1) is 15.5. The molecule has 17 heavy (non-hydrogen) atoms. The summed E-state index contributed by atoms with van der Waals surface area (Å²) in [7, 11) is 0. The maximum atomic E-state index is 11.4. The highest BCUT2D eigenvalue weighted by molar-refractivity contribution is 5.74. The fourth-order valence-corrected chi connectivity index (χ4v) is 1.25. The van der Waals surface area contributed by atoms with Crippen molar-refractivity contribution in [1.29, 1.82) is 0 Å². The molecule has 6 heteroatoms. The number of carbonyl (C=O) groups is 2. The van der Waals surface area contributed by atoms with Crippen LogP contribution in [0.4, 0.5) is 9.59 Å². The lowest BCUT2D eigenvalue weighted by Crippen LogP contribution is -2.44. The summed E-state index contributed by atoms with van der Waals surface area (Å²) in [6.45, 7) is 6.86. The fourth-order valence-electron chi connectivity index (χ4n) is 1.25. The highest BCUT2D eigenvalue weighted by atomic mass is 16.5. The van der Waals surface area contributed by atoms with Gasteiger partial charge in [0.05, 0.1) is 6.61 Å². The summed E-state index contributed by atoms with van der Waals surface area (Å²) in [5, 5.41) is 8.01. The van der Waals surface area contributed by atoms with Crippen LogP contribution >= 0.6 is 0 Å². The Bertz CT molecular complexity index is 230. The van der Waals surface area contributed by atoms with E-state index in [1.807, 2.05) is 13.8 Å². The van der Waals surface area contributed by atoms with Crippen molar-refractivity contribution in [2.24, 2.45) is 0 Å². The van der Waals surface area contributed by atoms with Crippen LogP contribution in [0.2, 0.25) is 0 Å². The predicted octanol–water partition coefficient (Wildman–Crippen LogP) is 1.22. The Kier molecular flexibility index (Phi) is 8.91. The molecule has 0 fully saturated rings. The predicted molar refractivity (Wildman–Crippen MR) is 65.9 cm³/mol. The van der Waals surface area contributed by atoms with Gasteiger partial charge in [0.2, 0.25) is 0 Å². The number of rotatable bonds is 7. The zero-order valence-corrected chi connectivity index (χ0v) is 10.8. The van der Waals surface area contributed by atoms with Crippen LogP contribution in [0.5, 0.6) is 0 Å². The Balaban J connectivity index is 3.54. The molecular weight excluding hydrogens is 222 g/mol. The van der Waals surface area contributed by atoms with Crippen molar-refractivity contribution < 1.29 is 14.3 Å². The lowest BCUT2D eigenvalue weighted by atomic mass is 10.2. The molecule has 6 nitrogen and oxygen atoms in total. The second-order valence-electron chi connectivity index (χ2n) is 3.56. The van der Waals surface area contributed by atoms with Gasteiger partial charge in [-0.25, -0.2) is 9.59 Å². The quantitative estimate of drug-likeness (QED) is 0.590. The number of urea groups is 1. The van der Waals surface area contributed by atoms with Gasteiger partial charge in [0.1, 0.15) is 0 Å². The van der Waals surface area contributed by atoms with E-state index in [0.717, 1.165) is 12.8 Å². The van der Waals surface area contributed by atoms with Gasteiger partial charge in [-0.2, -0.15) is 0 Å². The standard InChI is InChI=1S/C11H23N3O3/c1-4-9(5-2)14-10(15)12-7-8-13-11(16)17-6-3/h9H,4-8H2,1-3H3,(H,13,16)(H2,12,14,15). The molecule has 0 aromatic heterocycles. The molecule has 0 rings (SSSR count). The summed E-state index contributed by atoms with van der Waals surface area (Å²) < 4.78 is 4.67. The molecule has 0 saturated heterocycles. The van der Waals surface area contributed by atoms with E-state index < -0.39 is 6.09 Å². The first-order chi connectivity index (χ1) is 8.13. The molecule has 0 saturated carbocycles. The van der Waals surface area contributed by atoms with E-state index in [0.29, 0.717) is 19.7 Å². The highest BCUT2D eigenvalue weighted by Crippen LogP contribution is 1.94. The van der Waals surface area contributed by atoms with Gasteiger partial charge in [-0.1, -0.05) is 13.8 Å². The normalized spacial score (nSPS) is 9.88. The third kappa shape index (κ3) is 8.36. The van der Waals surface area contributed by atoms with Gasteiger partial charge in [0.25, 0.3) is 0 Å². The average molecular weight is 245 g/mol. The zero-order valence-electron chi connectivity index (χ0n) is 10.8. The maximum absolute atomic E-state index is 11.4. The first-order valence-electron chi connectivity index (χ1n) is 6.08. The minimum atomic E-state index is -0.463. The Morgan fingerprint density at radius 3 is 2.18 bits per heavy atom. The molecule has 0 atom stereocenters. The van der Waals surface area contributed by atoms with Crippen LogP contribution in [0.25, 0.3) is 0 Å².